The van der Waals surface area contributed by atoms with Gasteiger partial charge in [-0.15, -0.1) is 0 Å². The summed E-state index contributed by atoms with van der Waals surface area (Å²) in [6.07, 6.45) is 0.662. The van der Waals surface area contributed by atoms with Crippen LogP contribution in [0.25, 0.3) is 0 Å². The van der Waals surface area contributed by atoms with Crippen LogP contribution in [0.2, 0.25) is 0 Å². The number of halogens is 2. The maximum atomic E-state index is 12.8. The number of nitrogens with two attached hydrogens (primary N) is 1. The van der Waals surface area contributed by atoms with Crippen LogP contribution in [0.3, 0.4) is 0 Å². The van der Waals surface area contributed by atoms with E-state index in [1.165, 1.54) is 6.07 Å². The van der Waals surface area contributed by atoms with E-state index < -0.39 is 11.6 Å². The molecule has 3 nitrogen and oxygen atoms in total. The molecule has 2 N–H and O–H groups in total. The van der Waals surface area contributed by atoms with Crippen molar-refractivity contribution in [2.24, 2.45) is 5.73 Å². The summed E-state index contributed by atoms with van der Waals surface area (Å²) in [4.78, 5) is 0. The molecule has 0 unspecified atom stereocenters. The molecule has 0 heterocycles. The number of ether oxygens (including phenoxy) is 2. The lowest BCUT2D eigenvalue weighted by molar-refractivity contribution is 0.0870. The minimum Gasteiger partial charge on any atom is -0.493 e. The Morgan fingerprint density at radius 2 is 1.89 bits per heavy atom. The average molecular weight is 259 g/mol. The third-order valence-electron chi connectivity index (χ3n) is 2.07. The molecule has 102 valence electrons. The summed E-state index contributed by atoms with van der Waals surface area (Å²) in [5.74, 6) is -1.47. The predicted octanol–water partition coefficient (Wildman–Crippen LogP) is 2.49. The predicted molar refractivity (Wildman–Crippen MR) is 65.6 cm³/mol. The molecule has 0 bridgehead atoms. The van der Waals surface area contributed by atoms with Gasteiger partial charge in [-0.3, -0.25) is 0 Å². The van der Waals surface area contributed by atoms with Crippen LogP contribution in [0, 0.1) is 11.6 Å². The van der Waals surface area contributed by atoms with Crippen molar-refractivity contribution in [2.45, 2.75) is 25.8 Å². The maximum absolute atomic E-state index is 12.8. The van der Waals surface area contributed by atoms with Crippen molar-refractivity contribution < 1.29 is 18.3 Å². The van der Waals surface area contributed by atoms with Crippen molar-refractivity contribution in [3.05, 3.63) is 29.8 Å². The number of hydrogen-bond acceptors (Lipinski definition) is 3. The van der Waals surface area contributed by atoms with Crippen LogP contribution >= 0.6 is 0 Å². The fourth-order valence-corrected chi connectivity index (χ4v) is 1.25. The molecule has 0 fully saturated rings. The molecule has 1 aromatic carbocycles. The van der Waals surface area contributed by atoms with Crippen molar-refractivity contribution in [2.75, 3.05) is 19.8 Å². The normalized spacial score (nSPS) is 11.6. The van der Waals surface area contributed by atoms with E-state index in [2.05, 4.69) is 0 Å². The Labute approximate surface area is 106 Å². The summed E-state index contributed by atoms with van der Waals surface area (Å²) in [5, 5.41) is 0. The Morgan fingerprint density at radius 3 is 2.50 bits per heavy atom. The van der Waals surface area contributed by atoms with Crippen LogP contribution in [0.4, 0.5) is 8.78 Å². The molecule has 0 spiro atoms. The Kier molecular flexibility index (Phi) is 5.50. The quantitative estimate of drug-likeness (QED) is 0.765. The fourth-order valence-electron chi connectivity index (χ4n) is 1.25. The van der Waals surface area contributed by atoms with Gasteiger partial charge in [0, 0.05) is 24.6 Å². The second-order valence-electron chi connectivity index (χ2n) is 4.82. The fraction of sp³-hybridized carbons (Fsp3) is 0.538. The summed E-state index contributed by atoms with van der Waals surface area (Å²) in [7, 11) is 0. The van der Waals surface area contributed by atoms with Crippen molar-refractivity contribution in [1.82, 2.24) is 0 Å². The van der Waals surface area contributed by atoms with Crippen molar-refractivity contribution in [3.8, 4) is 5.75 Å². The van der Waals surface area contributed by atoms with E-state index in [1.54, 1.807) is 0 Å². The molecule has 5 heteroatoms. The van der Waals surface area contributed by atoms with Crippen LogP contribution in [-0.4, -0.2) is 25.4 Å². The molecule has 18 heavy (non-hydrogen) atoms. The highest BCUT2D eigenvalue weighted by Gasteiger charge is 2.09. The second-order valence-corrected chi connectivity index (χ2v) is 4.82. The minimum atomic E-state index is -0.909. The van der Waals surface area contributed by atoms with Gasteiger partial charge in [0.15, 0.2) is 11.6 Å². The van der Waals surface area contributed by atoms with E-state index in [0.29, 0.717) is 32.0 Å². The smallest absolute Gasteiger partial charge is 0.162 e. The largest absolute Gasteiger partial charge is 0.493 e. The zero-order chi connectivity index (χ0) is 13.6. The van der Waals surface area contributed by atoms with Gasteiger partial charge in [-0.1, -0.05) is 0 Å². The molecular weight excluding hydrogens is 240 g/mol. The zero-order valence-corrected chi connectivity index (χ0v) is 10.7. The van der Waals surface area contributed by atoms with E-state index in [9.17, 15) is 8.78 Å². The van der Waals surface area contributed by atoms with Gasteiger partial charge in [-0.2, -0.15) is 0 Å². The summed E-state index contributed by atoms with van der Waals surface area (Å²) in [5.41, 5.74) is 5.39. The highest BCUT2D eigenvalue weighted by atomic mass is 19.2. The zero-order valence-electron chi connectivity index (χ0n) is 10.7. The molecule has 0 saturated heterocycles. The second kappa shape index (κ2) is 6.66. The van der Waals surface area contributed by atoms with Gasteiger partial charge >= 0.3 is 0 Å². The Bertz CT molecular complexity index is 378. The molecular formula is C13H19F2NO2. The lowest BCUT2D eigenvalue weighted by atomic mass is 10.1. The molecule has 0 aliphatic rings. The number of benzene rings is 1. The Hall–Kier alpha value is -1.20. The third kappa shape index (κ3) is 5.93. The van der Waals surface area contributed by atoms with Crippen molar-refractivity contribution in [1.29, 1.82) is 0 Å². The highest BCUT2D eigenvalue weighted by molar-refractivity contribution is 5.23. The van der Waals surface area contributed by atoms with Crippen molar-refractivity contribution >= 4 is 0 Å². The van der Waals surface area contributed by atoms with Gasteiger partial charge in [0.05, 0.1) is 13.2 Å². The van der Waals surface area contributed by atoms with Gasteiger partial charge in [0.1, 0.15) is 5.75 Å². The molecule has 1 aromatic rings. The molecule has 0 aromatic heterocycles. The standard InChI is InChI=1S/C13H19F2NO2/c1-13(2,16)9-17-6-3-7-18-10-4-5-11(14)12(15)8-10/h4-5,8H,3,6-7,9,16H2,1-2H3. The van der Waals surface area contributed by atoms with Gasteiger partial charge in [-0.05, 0) is 26.0 Å². The highest BCUT2D eigenvalue weighted by Crippen LogP contribution is 2.15. The molecule has 0 radical (unpaired) electrons. The first-order valence-electron chi connectivity index (χ1n) is 5.83. The van der Waals surface area contributed by atoms with Gasteiger partial charge < -0.3 is 15.2 Å². The summed E-state index contributed by atoms with van der Waals surface area (Å²) in [6, 6.07) is 3.46. The Balaban J connectivity index is 2.16. The Morgan fingerprint density at radius 1 is 1.17 bits per heavy atom. The molecule has 0 aliphatic heterocycles. The number of hydrogen-bond donors (Lipinski definition) is 1. The summed E-state index contributed by atoms with van der Waals surface area (Å²) < 4.78 is 36.1. The lowest BCUT2D eigenvalue weighted by Gasteiger charge is -2.18. The average Bonchev–Trinajstić information content (AvgIpc) is 2.26. The van der Waals surface area contributed by atoms with Gasteiger partial charge in [-0.25, -0.2) is 8.78 Å². The SMILES string of the molecule is CC(C)(N)COCCCOc1ccc(F)c(F)c1. The molecule has 1 rings (SSSR count). The molecule has 0 saturated carbocycles. The summed E-state index contributed by atoms with van der Waals surface area (Å²) >= 11 is 0. The minimum absolute atomic E-state index is 0.313. The lowest BCUT2D eigenvalue weighted by Crippen LogP contribution is -2.37. The van der Waals surface area contributed by atoms with Crippen LogP contribution in [0.1, 0.15) is 20.3 Å². The molecule has 0 atom stereocenters. The monoisotopic (exact) mass is 259 g/mol. The van der Waals surface area contributed by atoms with E-state index in [4.69, 9.17) is 15.2 Å². The van der Waals surface area contributed by atoms with Crippen LogP contribution < -0.4 is 10.5 Å². The van der Waals surface area contributed by atoms with Crippen LogP contribution in [0.5, 0.6) is 5.75 Å². The van der Waals surface area contributed by atoms with Crippen molar-refractivity contribution in [3.63, 3.8) is 0 Å². The third-order valence-corrected chi connectivity index (χ3v) is 2.07. The summed E-state index contributed by atoms with van der Waals surface area (Å²) in [6.45, 7) is 5.13. The first-order valence-corrected chi connectivity index (χ1v) is 5.83. The van der Waals surface area contributed by atoms with Gasteiger partial charge in [0.2, 0.25) is 0 Å². The molecule has 0 amide bonds. The van der Waals surface area contributed by atoms with E-state index >= 15 is 0 Å². The first kappa shape index (κ1) is 14.9. The van der Waals surface area contributed by atoms with E-state index in [1.807, 2.05) is 13.8 Å². The maximum Gasteiger partial charge on any atom is 0.162 e. The first-order chi connectivity index (χ1) is 8.38. The topological polar surface area (TPSA) is 44.5 Å². The van der Waals surface area contributed by atoms with Crippen LogP contribution in [-0.2, 0) is 4.74 Å². The molecule has 0 aliphatic carbocycles. The van der Waals surface area contributed by atoms with Gasteiger partial charge in [0.25, 0.3) is 0 Å². The van der Waals surface area contributed by atoms with Crippen LogP contribution in [0.15, 0.2) is 18.2 Å². The van der Waals surface area contributed by atoms with E-state index in [0.717, 1.165) is 12.1 Å². The number of rotatable bonds is 7. The van der Waals surface area contributed by atoms with E-state index in [-0.39, 0.29) is 5.54 Å².